The Hall–Kier alpha value is -1.51. The minimum Gasteiger partial charge on any atom is -0.384 e. The van der Waals surface area contributed by atoms with Crippen molar-refractivity contribution < 1.29 is 4.79 Å². The van der Waals surface area contributed by atoms with Crippen LogP contribution in [0.15, 0.2) is 18.2 Å². The molecule has 2 aliphatic heterocycles. The molecule has 16 heavy (non-hydrogen) atoms. The summed E-state index contributed by atoms with van der Waals surface area (Å²) >= 11 is 0. The third-order valence-corrected chi connectivity index (χ3v) is 3.49. The summed E-state index contributed by atoms with van der Waals surface area (Å²) in [4.78, 5) is 14.3. The van der Waals surface area contributed by atoms with Gasteiger partial charge in [-0.1, -0.05) is 6.07 Å². The molecule has 3 heteroatoms. The number of likely N-dealkylation sites (tertiary alicyclic amines) is 1. The van der Waals surface area contributed by atoms with Crippen LogP contribution >= 0.6 is 0 Å². The Morgan fingerprint density at radius 1 is 1.25 bits per heavy atom. The number of carbonyl (C=O) groups is 1. The van der Waals surface area contributed by atoms with Gasteiger partial charge in [-0.15, -0.1) is 0 Å². The summed E-state index contributed by atoms with van der Waals surface area (Å²) in [6.45, 7) is 2.81. The van der Waals surface area contributed by atoms with Crippen LogP contribution in [-0.2, 0) is 6.42 Å². The number of hydrogen-bond donors (Lipinski definition) is 1. The van der Waals surface area contributed by atoms with Gasteiger partial charge in [-0.3, -0.25) is 4.79 Å². The third kappa shape index (κ3) is 1.47. The molecule has 0 atom stereocenters. The molecule has 1 fully saturated rings. The zero-order valence-corrected chi connectivity index (χ0v) is 9.33. The molecule has 0 aliphatic carbocycles. The second-order valence-electron chi connectivity index (χ2n) is 4.51. The molecule has 0 bridgehead atoms. The van der Waals surface area contributed by atoms with Crippen molar-refractivity contribution in [1.29, 1.82) is 0 Å². The van der Waals surface area contributed by atoms with Crippen molar-refractivity contribution in [3.8, 4) is 0 Å². The van der Waals surface area contributed by atoms with E-state index in [9.17, 15) is 4.79 Å². The van der Waals surface area contributed by atoms with Crippen molar-refractivity contribution in [3.63, 3.8) is 0 Å². The Kier molecular flexibility index (Phi) is 2.31. The van der Waals surface area contributed by atoms with Crippen LogP contribution in [0, 0.1) is 0 Å². The van der Waals surface area contributed by atoms with Gasteiger partial charge in [0.25, 0.3) is 5.91 Å². The summed E-state index contributed by atoms with van der Waals surface area (Å²) in [5, 5.41) is 3.32. The van der Waals surface area contributed by atoms with Gasteiger partial charge in [-0.25, -0.2) is 0 Å². The molecule has 1 aromatic carbocycles. The van der Waals surface area contributed by atoms with Gasteiger partial charge in [-0.05, 0) is 37.0 Å². The Morgan fingerprint density at radius 3 is 2.88 bits per heavy atom. The quantitative estimate of drug-likeness (QED) is 0.777. The molecule has 0 aromatic heterocycles. The van der Waals surface area contributed by atoms with E-state index in [1.807, 2.05) is 17.0 Å². The van der Waals surface area contributed by atoms with Gasteiger partial charge in [0.1, 0.15) is 0 Å². The fraction of sp³-hybridized carbons (Fsp3) is 0.462. The average Bonchev–Trinajstić information content (AvgIpc) is 2.98. The Labute approximate surface area is 95.4 Å². The van der Waals surface area contributed by atoms with E-state index in [2.05, 4.69) is 11.4 Å². The van der Waals surface area contributed by atoms with Crippen LogP contribution in [0.25, 0.3) is 0 Å². The van der Waals surface area contributed by atoms with Crippen molar-refractivity contribution in [2.75, 3.05) is 25.0 Å². The average molecular weight is 216 g/mol. The number of rotatable bonds is 1. The monoisotopic (exact) mass is 216 g/mol. The van der Waals surface area contributed by atoms with Crippen molar-refractivity contribution in [2.45, 2.75) is 19.3 Å². The minimum atomic E-state index is 0.220. The summed E-state index contributed by atoms with van der Waals surface area (Å²) < 4.78 is 0. The van der Waals surface area contributed by atoms with E-state index in [0.29, 0.717) is 0 Å². The van der Waals surface area contributed by atoms with Gasteiger partial charge >= 0.3 is 0 Å². The molecule has 3 nitrogen and oxygen atoms in total. The zero-order chi connectivity index (χ0) is 11.0. The Balaban J connectivity index is 1.94. The first-order valence-corrected chi connectivity index (χ1v) is 6.01. The number of hydrogen-bond acceptors (Lipinski definition) is 2. The highest BCUT2D eigenvalue weighted by atomic mass is 16.2. The molecule has 2 heterocycles. The number of nitrogens with zero attached hydrogens (tertiary/aromatic N) is 1. The molecule has 1 amide bonds. The topological polar surface area (TPSA) is 32.3 Å². The maximum absolute atomic E-state index is 12.3. The van der Waals surface area contributed by atoms with E-state index < -0.39 is 0 Å². The molecule has 1 aromatic rings. The second-order valence-corrected chi connectivity index (χ2v) is 4.51. The highest BCUT2D eigenvalue weighted by molar-refractivity contribution is 5.97. The van der Waals surface area contributed by atoms with Crippen LogP contribution in [0.2, 0.25) is 0 Å². The standard InChI is InChI=1S/C13H16N2O/c16-13(15-8-1-2-9-15)11-4-3-5-12-10(11)6-7-14-12/h3-5,14H,1-2,6-9H2. The van der Waals surface area contributed by atoms with Crippen molar-refractivity contribution in [3.05, 3.63) is 29.3 Å². The maximum atomic E-state index is 12.3. The summed E-state index contributed by atoms with van der Waals surface area (Å²) in [6, 6.07) is 6.00. The maximum Gasteiger partial charge on any atom is 0.254 e. The molecule has 0 saturated carbocycles. The molecular weight excluding hydrogens is 200 g/mol. The normalized spacial score (nSPS) is 18.4. The molecular formula is C13H16N2O. The van der Waals surface area contributed by atoms with Gasteiger partial charge in [-0.2, -0.15) is 0 Å². The predicted molar refractivity (Wildman–Crippen MR) is 63.8 cm³/mol. The number of nitrogens with one attached hydrogen (secondary N) is 1. The SMILES string of the molecule is O=C(c1cccc2c1CCN2)N1CCCC1. The van der Waals surface area contributed by atoms with Gasteiger partial charge in [0.05, 0.1) is 0 Å². The minimum absolute atomic E-state index is 0.220. The van der Waals surface area contributed by atoms with Gasteiger partial charge < -0.3 is 10.2 Å². The van der Waals surface area contributed by atoms with Crippen molar-refractivity contribution >= 4 is 11.6 Å². The lowest BCUT2D eigenvalue weighted by Crippen LogP contribution is -2.28. The second kappa shape index (κ2) is 3.81. The summed E-state index contributed by atoms with van der Waals surface area (Å²) in [5.74, 6) is 0.220. The van der Waals surface area contributed by atoms with Crippen LogP contribution in [0.3, 0.4) is 0 Å². The van der Waals surface area contributed by atoms with Crippen LogP contribution in [0.5, 0.6) is 0 Å². The van der Waals surface area contributed by atoms with E-state index in [-0.39, 0.29) is 5.91 Å². The van der Waals surface area contributed by atoms with Crippen LogP contribution in [-0.4, -0.2) is 30.4 Å². The molecule has 3 rings (SSSR count). The number of anilines is 1. The molecule has 1 saturated heterocycles. The van der Waals surface area contributed by atoms with Gasteiger partial charge in [0.2, 0.25) is 0 Å². The molecule has 84 valence electrons. The van der Waals surface area contributed by atoms with E-state index in [0.717, 1.165) is 50.1 Å². The van der Waals surface area contributed by atoms with Crippen LogP contribution in [0.4, 0.5) is 5.69 Å². The van der Waals surface area contributed by atoms with E-state index in [1.54, 1.807) is 0 Å². The first kappa shape index (κ1) is 9.70. The molecule has 0 unspecified atom stereocenters. The van der Waals surface area contributed by atoms with Crippen molar-refractivity contribution in [1.82, 2.24) is 4.90 Å². The number of benzene rings is 1. The van der Waals surface area contributed by atoms with E-state index in [4.69, 9.17) is 0 Å². The molecule has 0 radical (unpaired) electrons. The van der Waals surface area contributed by atoms with Crippen LogP contribution in [0.1, 0.15) is 28.8 Å². The lowest BCUT2D eigenvalue weighted by molar-refractivity contribution is 0.0792. The highest BCUT2D eigenvalue weighted by Gasteiger charge is 2.24. The van der Waals surface area contributed by atoms with Crippen molar-refractivity contribution in [2.24, 2.45) is 0 Å². The first-order valence-electron chi connectivity index (χ1n) is 6.01. The Morgan fingerprint density at radius 2 is 2.06 bits per heavy atom. The van der Waals surface area contributed by atoms with E-state index in [1.165, 1.54) is 5.56 Å². The zero-order valence-electron chi connectivity index (χ0n) is 9.33. The molecule has 2 aliphatic rings. The molecule has 1 N–H and O–H groups in total. The van der Waals surface area contributed by atoms with Gasteiger partial charge in [0.15, 0.2) is 0 Å². The molecule has 0 spiro atoms. The lowest BCUT2D eigenvalue weighted by Gasteiger charge is -2.17. The Bertz CT molecular complexity index is 422. The van der Waals surface area contributed by atoms with Gasteiger partial charge in [0, 0.05) is 30.9 Å². The fourth-order valence-electron chi connectivity index (χ4n) is 2.63. The third-order valence-electron chi connectivity index (χ3n) is 3.49. The lowest BCUT2D eigenvalue weighted by atomic mass is 10.0. The van der Waals surface area contributed by atoms with E-state index >= 15 is 0 Å². The summed E-state index contributed by atoms with van der Waals surface area (Å²) in [5.41, 5.74) is 3.26. The smallest absolute Gasteiger partial charge is 0.254 e. The highest BCUT2D eigenvalue weighted by Crippen LogP contribution is 2.27. The number of fused-ring (bicyclic) bond motifs is 1. The number of amides is 1. The summed E-state index contributed by atoms with van der Waals surface area (Å²) in [7, 11) is 0. The fourth-order valence-corrected chi connectivity index (χ4v) is 2.63. The predicted octanol–water partition coefficient (Wildman–Crippen LogP) is 1.89. The first-order chi connectivity index (χ1) is 7.86. The van der Waals surface area contributed by atoms with Crippen LogP contribution < -0.4 is 5.32 Å². The largest absolute Gasteiger partial charge is 0.384 e. The number of carbonyl (C=O) groups excluding carboxylic acids is 1. The summed E-state index contributed by atoms with van der Waals surface area (Å²) in [6.07, 6.45) is 3.28.